The number of carbonyl (C=O) groups excluding carboxylic acids is 2. The molecule has 2 N–H and O–H groups in total. The lowest BCUT2D eigenvalue weighted by Crippen LogP contribution is -2.29. The molecule has 0 aliphatic rings. The maximum Gasteiger partial charge on any atom is 0.488 e. The SMILES string of the molecule is O=C(OCc1ccccc1)SCC(=O)c1ccc(B(O)O)cc1. The molecule has 0 amide bonds. The van der Waals surface area contributed by atoms with Crippen LogP contribution in [0.15, 0.2) is 54.6 Å². The van der Waals surface area contributed by atoms with Gasteiger partial charge in [0.1, 0.15) is 6.61 Å². The van der Waals surface area contributed by atoms with Crippen molar-refractivity contribution in [2.24, 2.45) is 0 Å². The van der Waals surface area contributed by atoms with E-state index in [1.165, 1.54) is 24.3 Å². The van der Waals surface area contributed by atoms with Gasteiger partial charge in [0, 0.05) is 5.56 Å². The molecule has 23 heavy (non-hydrogen) atoms. The summed E-state index contributed by atoms with van der Waals surface area (Å²) in [6, 6.07) is 15.2. The maximum absolute atomic E-state index is 12.0. The highest BCUT2D eigenvalue weighted by atomic mass is 32.2. The van der Waals surface area contributed by atoms with Crippen LogP contribution < -0.4 is 5.46 Å². The number of ketones is 1. The smallest absolute Gasteiger partial charge is 0.453 e. The van der Waals surface area contributed by atoms with Gasteiger partial charge in [-0.15, -0.1) is 0 Å². The monoisotopic (exact) mass is 330 g/mol. The minimum absolute atomic E-state index is 0.0331. The fourth-order valence-corrected chi connectivity index (χ4v) is 2.36. The molecule has 2 aromatic carbocycles. The van der Waals surface area contributed by atoms with E-state index in [1.807, 2.05) is 30.3 Å². The summed E-state index contributed by atoms with van der Waals surface area (Å²) < 4.78 is 5.07. The van der Waals surface area contributed by atoms with Crippen molar-refractivity contribution in [3.63, 3.8) is 0 Å². The van der Waals surface area contributed by atoms with Gasteiger partial charge >= 0.3 is 12.4 Å². The third kappa shape index (κ3) is 5.56. The van der Waals surface area contributed by atoms with Crippen LogP contribution in [0.4, 0.5) is 4.79 Å². The maximum atomic E-state index is 12.0. The summed E-state index contributed by atoms with van der Waals surface area (Å²) >= 11 is 0.800. The molecule has 0 bridgehead atoms. The van der Waals surface area contributed by atoms with Crippen molar-refractivity contribution in [3.05, 3.63) is 65.7 Å². The largest absolute Gasteiger partial charge is 0.488 e. The Morgan fingerprint density at radius 1 is 1.00 bits per heavy atom. The zero-order chi connectivity index (χ0) is 16.7. The molecule has 7 heteroatoms. The Bertz CT molecular complexity index is 658. The molecule has 0 radical (unpaired) electrons. The van der Waals surface area contributed by atoms with Crippen LogP contribution in [-0.4, -0.2) is 34.0 Å². The van der Waals surface area contributed by atoms with Crippen LogP contribution in [0, 0.1) is 0 Å². The van der Waals surface area contributed by atoms with Gasteiger partial charge < -0.3 is 14.8 Å². The van der Waals surface area contributed by atoms with Gasteiger partial charge in [-0.25, -0.2) is 4.79 Å². The molecule has 0 saturated heterocycles. The molecule has 5 nitrogen and oxygen atoms in total. The predicted molar refractivity (Wildman–Crippen MR) is 89.7 cm³/mol. The fourth-order valence-electron chi connectivity index (χ4n) is 1.81. The Morgan fingerprint density at radius 3 is 2.26 bits per heavy atom. The highest BCUT2D eigenvalue weighted by Gasteiger charge is 2.14. The van der Waals surface area contributed by atoms with Crippen molar-refractivity contribution in [1.29, 1.82) is 0 Å². The van der Waals surface area contributed by atoms with E-state index < -0.39 is 12.4 Å². The van der Waals surface area contributed by atoms with Crippen LogP contribution in [0.2, 0.25) is 0 Å². The Labute approximate surface area is 138 Å². The molecule has 2 aromatic rings. The first-order valence-electron chi connectivity index (χ1n) is 6.89. The minimum atomic E-state index is -1.57. The average molecular weight is 330 g/mol. The molecule has 0 fully saturated rings. The van der Waals surface area contributed by atoms with Crippen molar-refractivity contribution in [3.8, 4) is 0 Å². The van der Waals surface area contributed by atoms with Crippen LogP contribution in [-0.2, 0) is 11.3 Å². The normalized spacial score (nSPS) is 10.2. The van der Waals surface area contributed by atoms with Crippen molar-refractivity contribution in [2.75, 3.05) is 5.75 Å². The number of benzene rings is 2. The molecule has 0 aliphatic carbocycles. The predicted octanol–water partition coefficient (Wildman–Crippen LogP) is 1.62. The fraction of sp³-hybridized carbons (Fsp3) is 0.125. The Balaban J connectivity index is 1.78. The first kappa shape index (κ1) is 17.3. The quantitative estimate of drug-likeness (QED) is 0.476. The van der Waals surface area contributed by atoms with Gasteiger partial charge in [-0.2, -0.15) is 0 Å². The summed E-state index contributed by atoms with van der Waals surface area (Å²) in [5.41, 5.74) is 1.58. The van der Waals surface area contributed by atoms with Gasteiger partial charge in [0.2, 0.25) is 0 Å². The lowest BCUT2D eigenvalue weighted by molar-refractivity contribution is 0.102. The van der Waals surface area contributed by atoms with Gasteiger partial charge in [0.25, 0.3) is 0 Å². The lowest BCUT2D eigenvalue weighted by atomic mass is 9.80. The molecule has 0 unspecified atom stereocenters. The van der Waals surface area contributed by atoms with Gasteiger partial charge in [0.15, 0.2) is 5.78 Å². The summed E-state index contributed by atoms with van der Waals surface area (Å²) in [7, 11) is -1.57. The Kier molecular flexibility index (Phi) is 6.40. The molecule has 2 rings (SSSR count). The number of ether oxygens (including phenoxy) is 1. The highest BCUT2D eigenvalue weighted by molar-refractivity contribution is 8.13. The van der Waals surface area contributed by atoms with Crippen molar-refractivity contribution < 1.29 is 24.4 Å². The van der Waals surface area contributed by atoms with Crippen LogP contribution in [0.3, 0.4) is 0 Å². The molecule has 0 aromatic heterocycles. The summed E-state index contributed by atoms with van der Waals surface area (Å²) in [5.74, 6) is -0.264. The second-order valence-corrected chi connectivity index (χ2v) is 5.64. The van der Waals surface area contributed by atoms with Crippen LogP contribution in [0.25, 0.3) is 0 Å². The second-order valence-electron chi connectivity index (χ2n) is 4.73. The van der Waals surface area contributed by atoms with Crippen molar-refractivity contribution in [1.82, 2.24) is 0 Å². The third-order valence-corrected chi connectivity index (χ3v) is 3.81. The van der Waals surface area contributed by atoms with Gasteiger partial charge in [-0.05, 0) is 22.8 Å². The van der Waals surface area contributed by atoms with E-state index in [2.05, 4.69) is 0 Å². The zero-order valence-electron chi connectivity index (χ0n) is 12.2. The molecular formula is C16H15BO5S. The molecule has 0 saturated carbocycles. The van der Waals surface area contributed by atoms with E-state index in [0.717, 1.165) is 17.3 Å². The first-order valence-corrected chi connectivity index (χ1v) is 7.87. The van der Waals surface area contributed by atoms with E-state index in [1.54, 1.807) is 0 Å². The average Bonchev–Trinajstić information content (AvgIpc) is 2.58. The number of hydrogen-bond acceptors (Lipinski definition) is 6. The molecule has 0 heterocycles. The summed E-state index contributed by atoms with van der Waals surface area (Å²) in [6.07, 6.45) is 0. The summed E-state index contributed by atoms with van der Waals surface area (Å²) in [5, 5.41) is 17.5. The van der Waals surface area contributed by atoms with Crippen LogP contribution in [0.1, 0.15) is 15.9 Å². The standard InChI is InChI=1S/C16H15BO5S/c18-15(13-6-8-14(9-7-13)17(20)21)11-23-16(19)22-10-12-4-2-1-3-5-12/h1-9,20-21H,10-11H2. The Morgan fingerprint density at radius 2 is 1.65 bits per heavy atom. The lowest BCUT2D eigenvalue weighted by Gasteiger charge is -2.05. The number of Topliss-reactive ketones (excluding diaryl/α,β-unsaturated/α-hetero) is 1. The molecular weight excluding hydrogens is 315 g/mol. The van der Waals surface area contributed by atoms with Crippen molar-refractivity contribution in [2.45, 2.75) is 6.61 Å². The molecule has 0 spiro atoms. The van der Waals surface area contributed by atoms with Gasteiger partial charge in [-0.1, -0.05) is 54.6 Å². The molecule has 0 atom stereocenters. The number of carbonyl (C=O) groups is 2. The molecule has 0 aliphatic heterocycles. The van der Waals surface area contributed by atoms with E-state index in [9.17, 15) is 9.59 Å². The van der Waals surface area contributed by atoms with Gasteiger partial charge in [0.05, 0.1) is 5.75 Å². The Hall–Kier alpha value is -2.09. The first-order chi connectivity index (χ1) is 11.1. The topological polar surface area (TPSA) is 83.8 Å². The highest BCUT2D eigenvalue weighted by Crippen LogP contribution is 2.11. The number of hydrogen-bond donors (Lipinski definition) is 2. The third-order valence-electron chi connectivity index (χ3n) is 3.05. The van der Waals surface area contributed by atoms with Crippen LogP contribution in [0.5, 0.6) is 0 Å². The second kappa shape index (κ2) is 8.52. The number of thioether (sulfide) groups is 1. The van der Waals surface area contributed by atoms with E-state index in [-0.39, 0.29) is 18.1 Å². The van der Waals surface area contributed by atoms with Gasteiger partial charge in [-0.3, -0.25) is 4.79 Å². The van der Waals surface area contributed by atoms with Crippen molar-refractivity contribution >= 4 is 35.4 Å². The molecule has 118 valence electrons. The van der Waals surface area contributed by atoms with Crippen LogP contribution >= 0.6 is 11.8 Å². The van der Waals surface area contributed by atoms with E-state index in [4.69, 9.17) is 14.8 Å². The zero-order valence-corrected chi connectivity index (χ0v) is 13.0. The van der Waals surface area contributed by atoms with E-state index >= 15 is 0 Å². The summed E-state index contributed by atoms with van der Waals surface area (Å²) in [4.78, 5) is 23.6. The summed E-state index contributed by atoms with van der Waals surface area (Å²) in [6.45, 7) is 0.171. The van der Waals surface area contributed by atoms with E-state index in [0.29, 0.717) is 11.0 Å². The minimum Gasteiger partial charge on any atom is -0.453 e. The number of rotatable bonds is 6.